The van der Waals surface area contributed by atoms with Crippen molar-refractivity contribution < 1.29 is 5.11 Å². The number of aliphatic hydroxyl groups is 1. The fourth-order valence-electron chi connectivity index (χ4n) is 3.77. The minimum Gasteiger partial charge on any atom is -0.387 e. The Kier molecular flexibility index (Phi) is 5.06. The molecule has 114 valence electrons. The summed E-state index contributed by atoms with van der Waals surface area (Å²) in [6, 6.07) is 8.58. The Morgan fingerprint density at radius 2 is 2.00 bits per heavy atom. The number of hydrogen-bond acceptors (Lipinski definition) is 2. The van der Waals surface area contributed by atoms with Crippen molar-refractivity contribution in [2.45, 2.75) is 65.4 Å². The van der Waals surface area contributed by atoms with E-state index in [1.165, 1.54) is 18.4 Å². The van der Waals surface area contributed by atoms with Crippen LogP contribution in [0.4, 0.5) is 0 Å². The molecule has 1 aliphatic rings. The van der Waals surface area contributed by atoms with E-state index >= 15 is 0 Å². The molecule has 1 saturated carbocycles. The minimum atomic E-state index is -0.661. The third-order valence-corrected chi connectivity index (χ3v) is 5.16. The maximum Gasteiger partial charge on any atom is 0.0978 e. The summed E-state index contributed by atoms with van der Waals surface area (Å²) in [6.07, 6.45) is 5.59. The zero-order chi connectivity index (χ0) is 15.5. The summed E-state index contributed by atoms with van der Waals surface area (Å²) < 4.78 is 0. The first-order valence-corrected chi connectivity index (χ1v) is 8.19. The Morgan fingerprint density at radius 1 is 1.33 bits per heavy atom. The van der Waals surface area contributed by atoms with Gasteiger partial charge in [-0.2, -0.15) is 5.26 Å². The fourth-order valence-corrected chi connectivity index (χ4v) is 3.77. The van der Waals surface area contributed by atoms with Crippen LogP contribution >= 0.6 is 0 Å². The lowest BCUT2D eigenvalue weighted by Gasteiger charge is -2.39. The highest BCUT2D eigenvalue weighted by molar-refractivity contribution is 5.34. The third kappa shape index (κ3) is 3.30. The van der Waals surface area contributed by atoms with E-state index in [-0.39, 0.29) is 0 Å². The molecular formula is C19H27NO. The van der Waals surface area contributed by atoms with Crippen molar-refractivity contribution in [3.8, 4) is 6.07 Å². The van der Waals surface area contributed by atoms with Gasteiger partial charge in [0.05, 0.1) is 17.6 Å². The summed E-state index contributed by atoms with van der Waals surface area (Å²) in [6.45, 7) is 6.30. The van der Waals surface area contributed by atoms with E-state index < -0.39 is 11.5 Å². The molecule has 0 bridgehead atoms. The summed E-state index contributed by atoms with van der Waals surface area (Å²) in [5, 5.41) is 20.6. The zero-order valence-corrected chi connectivity index (χ0v) is 13.5. The summed E-state index contributed by atoms with van der Waals surface area (Å²) in [4.78, 5) is 0. The zero-order valence-electron chi connectivity index (χ0n) is 13.5. The van der Waals surface area contributed by atoms with Crippen LogP contribution in [0.2, 0.25) is 0 Å². The van der Waals surface area contributed by atoms with Gasteiger partial charge in [-0.1, -0.05) is 43.5 Å². The highest BCUT2D eigenvalue weighted by Gasteiger charge is 2.42. The molecule has 0 spiro atoms. The van der Waals surface area contributed by atoms with Gasteiger partial charge < -0.3 is 5.11 Å². The second kappa shape index (κ2) is 6.62. The van der Waals surface area contributed by atoms with Crippen LogP contribution in [0.15, 0.2) is 18.2 Å². The molecule has 0 heterocycles. The average Bonchev–Trinajstić information content (AvgIpc) is 2.48. The molecule has 21 heavy (non-hydrogen) atoms. The molecule has 0 aromatic heterocycles. The normalized spacial score (nSPS) is 27.1. The van der Waals surface area contributed by atoms with Crippen LogP contribution < -0.4 is 0 Å². The second-order valence-electron chi connectivity index (χ2n) is 6.76. The largest absolute Gasteiger partial charge is 0.387 e. The molecule has 0 saturated heterocycles. The smallest absolute Gasteiger partial charge is 0.0978 e. The van der Waals surface area contributed by atoms with E-state index in [4.69, 9.17) is 0 Å². The predicted octanol–water partition coefficient (Wildman–Crippen LogP) is 4.84. The standard InChI is InChI=1S/C19H27NO/c1-4-5-16-8-10-19(13-20,11-9-16)18(21)17-7-6-14(2)12-15(17)3/h6-7,12,16,18,21H,4-5,8-11H2,1-3H3. The Balaban J connectivity index is 2.20. The van der Waals surface area contributed by atoms with E-state index in [9.17, 15) is 10.4 Å². The first-order chi connectivity index (χ1) is 10.0. The molecule has 0 amide bonds. The lowest BCUT2D eigenvalue weighted by molar-refractivity contribution is 0.0232. The summed E-state index contributed by atoms with van der Waals surface area (Å²) in [7, 11) is 0. The number of aryl methyl sites for hydroxylation is 2. The Morgan fingerprint density at radius 3 is 2.52 bits per heavy atom. The van der Waals surface area contributed by atoms with Crippen LogP contribution in [0.25, 0.3) is 0 Å². The van der Waals surface area contributed by atoms with Gasteiger partial charge in [-0.25, -0.2) is 0 Å². The Hall–Kier alpha value is -1.33. The molecule has 1 fully saturated rings. The highest BCUT2D eigenvalue weighted by atomic mass is 16.3. The SMILES string of the molecule is CCCC1CCC(C#N)(C(O)c2ccc(C)cc2C)CC1. The van der Waals surface area contributed by atoms with E-state index in [0.29, 0.717) is 0 Å². The number of aliphatic hydroxyl groups excluding tert-OH is 1. The summed E-state index contributed by atoms with van der Waals surface area (Å²) >= 11 is 0. The van der Waals surface area contributed by atoms with Gasteiger partial charge in [0.1, 0.15) is 0 Å². The number of benzene rings is 1. The molecular weight excluding hydrogens is 258 g/mol. The van der Waals surface area contributed by atoms with E-state index in [1.807, 2.05) is 19.1 Å². The van der Waals surface area contributed by atoms with Crippen molar-refractivity contribution in [2.24, 2.45) is 11.3 Å². The summed E-state index contributed by atoms with van der Waals surface area (Å²) in [5.41, 5.74) is 2.62. The van der Waals surface area contributed by atoms with Gasteiger partial charge in [-0.05, 0) is 56.6 Å². The topological polar surface area (TPSA) is 44.0 Å². The molecule has 1 aliphatic carbocycles. The van der Waals surface area contributed by atoms with Crippen LogP contribution in [0.1, 0.15) is 68.2 Å². The van der Waals surface area contributed by atoms with Gasteiger partial charge in [0.25, 0.3) is 0 Å². The van der Waals surface area contributed by atoms with Gasteiger partial charge in [0.2, 0.25) is 0 Å². The van der Waals surface area contributed by atoms with Crippen molar-refractivity contribution in [1.29, 1.82) is 5.26 Å². The molecule has 1 N–H and O–H groups in total. The maximum absolute atomic E-state index is 10.9. The number of nitrogens with zero attached hydrogens (tertiary/aromatic N) is 1. The van der Waals surface area contributed by atoms with Crippen LogP contribution in [-0.2, 0) is 0 Å². The van der Waals surface area contributed by atoms with E-state index in [1.54, 1.807) is 0 Å². The van der Waals surface area contributed by atoms with Crippen LogP contribution in [0.5, 0.6) is 0 Å². The molecule has 0 aliphatic heterocycles. The first kappa shape index (κ1) is 16.0. The quantitative estimate of drug-likeness (QED) is 0.860. The predicted molar refractivity (Wildman–Crippen MR) is 85.8 cm³/mol. The molecule has 0 radical (unpaired) electrons. The average molecular weight is 285 g/mol. The van der Waals surface area contributed by atoms with E-state index in [2.05, 4.69) is 26.0 Å². The van der Waals surface area contributed by atoms with Crippen LogP contribution in [0.3, 0.4) is 0 Å². The van der Waals surface area contributed by atoms with Gasteiger partial charge in [-0.15, -0.1) is 0 Å². The van der Waals surface area contributed by atoms with Crippen molar-refractivity contribution in [2.75, 3.05) is 0 Å². The summed E-state index contributed by atoms with van der Waals surface area (Å²) in [5.74, 6) is 0.739. The lowest BCUT2D eigenvalue weighted by atomic mass is 9.65. The van der Waals surface area contributed by atoms with Gasteiger partial charge in [-0.3, -0.25) is 0 Å². The Labute approximate surface area is 128 Å². The molecule has 1 aromatic rings. The highest BCUT2D eigenvalue weighted by Crippen LogP contribution is 2.48. The number of nitriles is 1. The van der Waals surface area contributed by atoms with Crippen LogP contribution in [-0.4, -0.2) is 5.11 Å². The van der Waals surface area contributed by atoms with Crippen LogP contribution in [0, 0.1) is 36.5 Å². The third-order valence-electron chi connectivity index (χ3n) is 5.16. The first-order valence-electron chi connectivity index (χ1n) is 8.19. The van der Waals surface area contributed by atoms with E-state index in [0.717, 1.165) is 42.7 Å². The fraction of sp³-hybridized carbons (Fsp3) is 0.632. The van der Waals surface area contributed by atoms with Gasteiger partial charge >= 0.3 is 0 Å². The Bertz CT molecular complexity index is 521. The molecule has 1 aromatic carbocycles. The van der Waals surface area contributed by atoms with Gasteiger partial charge in [0, 0.05) is 0 Å². The van der Waals surface area contributed by atoms with Crippen molar-refractivity contribution in [3.05, 3.63) is 34.9 Å². The molecule has 1 unspecified atom stereocenters. The van der Waals surface area contributed by atoms with Crippen molar-refractivity contribution >= 4 is 0 Å². The monoisotopic (exact) mass is 285 g/mol. The molecule has 1 atom stereocenters. The van der Waals surface area contributed by atoms with Gasteiger partial charge in [0.15, 0.2) is 0 Å². The second-order valence-corrected chi connectivity index (χ2v) is 6.76. The molecule has 2 heteroatoms. The molecule has 2 rings (SSSR count). The lowest BCUT2D eigenvalue weighted by Crippen LogP contribution is -2.33. The van der Waals surface area contributed by atoms with Crippen molar-refractivity contribution in [1.82, 2.24) is 0 Å². The molecule has 2 nitrogen and oxygen atoms in total. The van der Waals surface area contributed by atoms with Crippen molar-refractivity contribution in [3.63, 3.8) is 0 Å². The maximum atomic E-state index is 10.9. The number of rotatable bonds is 4. The minimum absolute atomic E-state index is 0.593. The number of hydrogen-bond donors (Lipinski definition) is 1.